The van der Waals surface area contributed by atoms with E-state index in [0.29, 0.717) is 6.54 Å². The number of hydrogen-bond acceptors (Lipinski definition) is 4. The number of urea groups is 1. The first-order chi connectivity index (χ1) is 7.51. The van der Waals surface area contributed by atoms with Gasteiger partial charge >= 0.3 is 6.03 Å². The molecule has 0 bridgehead atoms. The number of hydrogen-bond donors (Lipinski definition) is 3. The van der Waals surface area contributed by atoms with Gasteiger partial charge in [0.05, 0.1) is 6.04 Å². The predicted octanol–water partition coefficient (Wildman–Crippen LogP) is -0.628. The maximum atomic E-state index is 11.4. The van der Waals surface area contributed by atoms with Crippen molar-refractivity contribution in [2.45, 2.75) is 19.9 Å². The number of imide groups is 1. The van der Waals surface area contributed by atoms with Gasteiger partial charge in [-0.1, -0.05) is 6.92 Å². The summed E-state index contributed by atoms with van der Waals surface area (Å²) in [4.78, 5) is 24.4. The third-order valence-electron chi connectivity index (χ3n) is 2.34. The van der Waals surface area contributed by atoms with Gasteiger partial charge in [-0.2, -0.15) is 0 Å². The van der Waals surface area contributed by atoms with Crippen LogP contribution in [0.2, 0.25) is 0 Å². The molecule has 3 amide bonds. The Kier molecular flexibility index (Phi) is 7.49. The van der Waals surface area contributed by atoms with Crippen LogP contribution in [0.25, 0.3) is 0 Å². The predicted molar refractivity (Wildman–Crippen MR) is 63.2 cm³/mol. The number of likely N-dealkylation sites (N-methyl/N-ethyl adjacent to an activating group) is 1. The van der Waals surface area contributed by atoms with Gasteiger partial charge in [0, 0.05) is 20.1 Å². The van der Waals surface area contributed by atoms with E-state index in [2.05, 4.69) is 27.8 Å². The van der Waals surface area contributed by atoms with Crippen LogP contribution in [0.5, 0.6) is 0 Å². The van der Waals surface area contributed by atoms with Crippen LogP contribution in [0.4, 0.5) is 4.79 Å². The number of carbonyl (C=O) groups is 2. The normalized spacial score (nSPS) is 12.3. The number of rotatable bonds is 6. The number of nitrogens with zero attached hydrogens (tertiary/aromatic N) is 1. The van der Waals surface area contributed by atoms with Crippen LogP contribution in [0.15, 0.2) is 0 Å². The second kappa shape index (κ2) is 8.06. The summed E-state index contributed by atoms with van der Waals surface area (Å²) >= 11 is 0. The largest absolute Gasteiger partial charge is 0.341 e. The van der Waals surface area contributed by atoms with Gasteiger partial charge in [-0.15, -0.1) is 0 Å². The summed E-state index contributed by atoms with van der Waals surface area (Å²) in [6.45, 7) is 6.35. The van der Waals surface area contributed by atoms with Gasteiger partial charge in [-0.3, -0.25) is 10.1 Å². The van der Waals surface area contributed by atoms with Crippen LogP contribution in [-0.4, -0.2) is 56.6 Å². The van der Waals surface area contributed by atoms with E-state index in [0.717, 1.165) is 13.1 Å². The highest BCUT2D eigenvalue weighted by molar-refractivity contribution is 5.96. The van der Waals surface area contributed by atoms with Crippen molar-refractivity contribution >= 4 is 11.9 Å². The summed E-state index contributed by atoms with van der Waals surface area (Å²) in [6.07, 6.45) is 0. The lowest BCUT2D eigenvalue weighted by atomic mass is 10.3. The Morgan fingerprint density at radius 2 is 2.00 bits per heavy atom. The number of amides is 3. The molecule has 0 saturated heterocycles. The minimum Gasteiger partial charge on any atom is -0.341 e. The maximum absolute atomic E-state index is 11.4. The Labute approximate surface area is 96.8 Å². The summed E-state index contributed by atoms with van der Waals surface area (Å²) in [7, 11) is 3.48. The standard InChI is InChI=1S/C10H22N4O2/c1-5-14(4)7-6-12-8(2)9(15)13-10(16)11-3/h8,12H,5-7H2,1-4H3,(H2,11,13,15,16). The zero-order valence-corrected chi connectivity index (χ0v) is 10.5. The van der Waals surface area contributed by atoms with Crippen molar-refractivity contribution in [3.8, 4) is 0 Å². The minimum atomic E-state index is -0.482. The molecule has 0 spiro atoms. The van der Waals surface area contributed by atoms with Crippen LogP contribution in [-0.2, 0) is 4.79 Å². The van der Waals surface area contributed by atoms with Crippen molar-refractivity contribution in [2.24, 2.45) is 0 Å². The Balaban J connectivity index is 3.75. The van der Waals surface area contributed by atoms with E-state index in [1.807, 2.05) is 7.05 Å². The number of nitrogens with one attached hydrogen (secondary N) is 3. The zero-order chi connectivity index (χ0) is 12.6. The van der Waals surface area contributed by atoms with Gasteiger partial charge in [0.1, 0.15) is 0 Å². The first kappa shape index (κ1) is 14.9. The van der Waals surface area contributed by atoms with Crippen molar-refractivity contribution in [1.82, 2.24) is 20.9 Å². The fourth-order valence-corrected chi connectivity index (χ4v) is 1.01. The van der Waals surface area contributed by atoms with Gasteiger partial charge < -0.3 is 15.5 Å². The topological polar surface area (TPSA) is 73.5 Å². The molecule has 3 N–H and O–H groups in total. The number of carbonyl (C=O) groups excluding carboxylic acids is 2. The fraction of sp³-hybridized carbons (Fsp3) is 0.800. The summed E-state index contributed by atoms with van der Waals surface area (Å²) in [5, 5.41) is 7.59. The summed E-state index contributed by atoms with van der Waals surface area (Å²) < 4.78 is 0. The molecule has 94 valence electrons. The lowest BCUT2D eigenvalue weighted by Gasteiger charge is -2.17. The Morgan fingerprint density at radius 3 is 2.50 bits per heavy atom. The minimum absolute atomic E-state index is 0.321. The van der Waals surface area contributed by atoms with Gasteiger partial charge in [-0.05, 0) is 20.5 Å². The third-order valence-corrected chi connectivity index (χ3v) is 2.34. The Morgan fingerprint density at radius 1 is 1.38 bits per heavy atom. The molecule has 0 aromatic heterocycles. The molecule has 0 aliphatic rings. The van der Waals surface area contributed by atoms with E-state index in [1.165, 1.54) is 7.05 Å². The highest BCUT2D eigenvalue weighted by Crippen LogP contribution is 1.83. The summed E-state index contributed by atoms with van der Waals surface area (Å²) in [6, 6.07) is -0.855. The molecular weight excluding hydrogens is 208 g/mol. The molecule has 1 unspecified atom stereocenters. The maximum Gasteiger partial charge on any atom is 0.321 e. The van der Waals surface area contributed by atoms with Gasteiger partial charge in [0.15, 0.2) is 0 Å². The van der Waals surface area contributed by atoms with Crippen molar-refractivity contribution in [1.29, 1.82) is 0 Å². The Hall–Kier alpha value is -1.14. The molecule has 0 aromatic carbocycles. The van der Waals surface area contributed by atoms with Crippen LogP contribution >= 0.6 is 0 Å². The molecule has 16 heavy (non-hydrogen) atoms. The molecule has 0 radical (unpaired) electrons. The molecule has 1 atom stereocenters. The molecule has 0 rings (SSSR count). The average molecular weight is 230 g/mol. The second-order valence-electron chi connectivity index (χ2n) is 3.64. The van der Waals surface area contributed by atoms with Crippen LogP contribution in [0.3, 0.4) is 0 Å². The van der Waals surface area contributed by atoms with E-state index < -0.39 is 6.03 Å². The van der Waals surface area contributed by atoms with Crippen LogP contribution in [0, 0.1) is 0 Å². The van der Waals surface area contributed by atoms with Gasteiger partial charge in [-0.25, -0.2) is 4.79 Å². The molecule has 0 aliphatic heterocycles. The molecule has 0 saturated carbocycles. The third kappa shape index (κ3) is 6.36. The van der Waals surface area contributed by atoms with Crippen LogP contribution < -0.4 is 16.0 Å². The van der Waals surface area contributed by atoms with E-state index in [4.69, 9.17) is 0 Å². The van der Waals surface area contributed by atoms with Crippen molar-refractivity contribution in [3.05, 3.63) is 0 Å². The van der Waals surface area contributed by atoms with Crippen LogP contribution in [0.1, 0.15) is 13.8 Å². The molecule has 0 aromatic rings. The lowest BCUT2D eigenvalue weighted by Crippen LogP contribution is -2.48. The first-order valence-corrected chi connectivity index (χ1v) is 5.45. The molecule has 0 heterocycles. The van der Waals surface area contributed by atoms with Crippen molar-refractivity contribution in [2.75, 3.05) is 33.7 Å². The lowest BCUT2D eigenvalue weighted by molar-refractivity contribution is -0.121. The van der Waals surface area contributed by atoms with Gasteiger partial charge in [0.2, 0.25) is 5.91 Å². The summed E-state index contributed by atoms with van der Waals surface area (Å²) in [5.41, 5.74) is 0. The van der Waals surface area contributed by atoms with E-state index in [1.54, 1.807) is 6.92 Å². The second-order valence-corrected chi connectivity index (χ2v) is 3.64. The fourth-order valence-electron chi connectivity index (χ4n) is 1.01. The average Bonchev–Trinajstić information content (AvgIpc) is 2.28. The van der Waals surface area contributed by atoms with E-state index in [-0.39, 0.29) is 11.9 Å². The van der Waals surface area contributed by atoms with Gasteiger partial charge in [0.25, 0.3) is 0 Å². The molecule has 6 heteroatoms. The summed E-state index contributed by atoms with van der Waals surface area (Å²) in [5.74, 6) is -0.321. The first-order valence-electron chi connectivity index (χ1n) is 5.45. The van der Waals surface area contributed by atoms with Crippen molar-refractivity contribution < 1.29 is 9.59 Å². The highest BCUT2D eigenvalue weighted by Gasteiger charge is 2.13. The zero-order valence-electron chi connectivity index (χ0n) is 10.5. The SMILES string of the molecule is CCN(C)CCNC(C)C(=O)NC(=O)NC. The molecule has 0 aliphatic carbocycles. The molecule has 0 fully saturated rings. The van der Waals surface area contributed by atoms with E-state index >= 15 is 0 Å². The monoisotopic (exact) mass is 230 g/mol. The molecular formula is C10H22N4O2. The van der Waals surface area contributed by atoms with Crippen molar-refractivity contribution in [3.63, 3.8) is 0 Å². The Bertz CT molecular complexity index is 233. The highest BCUT2D eigenvalue weighted by atomic mass is 16.2. The molecule has 6 nitrogen and oxygen atoms in total. The smallest absolute Gasteiger partial charge is 0.321 e. The van der Waals surface area contributed by atoms with E-state index in [9.17, 15) is 9.59 Å². The quantitative estimate of drug-likeness (QED) is 0.568.